The van der Waals surface area contributed by atoms with Crippen molar-refractivity contribution in [3.8, 4) is 0 Å². The topological polar surface area (TPSA) is 37.8 Å². The van der Waals surface area contributed by atoms with Crippen LogP contribution in [0.4, 0.5) is 5.69 Å². The molecule has 0 aliphatic carbocycles. The first-order valence-corrected chi connectivity index (χ1v) is 4.54. The SMILES string of the molecule is INc1ccc2cncnc2c1. The summed E-state index contributed by atoms with van der Waals surface area (Å²) < 4.78 is 3.03. The van der Waals surface area contributed by atoms with E-state index in [1.54, 1.807) is 12.5 Å². The van der Waals surface area contributed by atoms with Crippen molar-refractivity contribution in [3.05, 3.63) is 30.7 Å². The molecule has 0 atom stereocenters. The highest BCUT2D eigenvalue weighted by Gasteiger charge is 1.94. The summed E-state index contributed by atoms with van der Waals surface area (Å²) in [5.41, 5.74) is 2.02. The van der Waals surface area contributed by atoms with E-state index in [2.05, 4.69) is 36.4 Å². The summed E-state index contributed by atoms with van der Waals surface area (Å²) >= 11 is 2.09. The van der Waals surface area contributed by atoms with Crippen LogP contribution in [0.15, 0.2) is 30.7 Å². The lowest BCUT2D eigenvalue weighted by Gasteiger charge is -1.98. The first kappa shape index (κ1) is 7.72. The maximum absolute atomic E-state index is 4.14. The molecule has 0 unspecified atom stereocenters. The van der Waals surface area contributed by atoms with Crippen molar-refractivity contribution in [2.75, 3.05) is 3.53 Å². The first-order valence-electron chi connectivity index (χ1n) is 3.46. The highest BCUT2D eigenvalue weighted by atomic mass is 127. The molecule has 1 aromatic heterocycles. The Kier molecular flexibility index (Phi) is 2.07. The maximum Gasteiger partial charge on any atom is 0.116 e. The van der Waals surface area contributed by atoms with Crippen molar-refractivity contribution < 1.29 is 0 Å². The molecule has 1 aromatic carbocycles. The molecule has 4 heteroatoms. The van der Waals surface area contributed by atoms with Crippen LogP contribution < -0.4 is 3.53 Å². The average Bonchev–Trinajstić information content (AvgIpc) is 2.17. The van der Waals surface area contributed by atoms with Crippen LogP contribution in [0, 0.1) is 0 Å². The normalized spacial score (nSPS) is 10.1. The molecule has 12 heavy (non-hydrogen) atoms. The van der Waals surface area contributed by atoms with Crippen molar-refractivity contribution in [1.29, 1.82) is 0 Å². The highest BCUT2D eigenvalue weighted by molar-refractivity contribution is 14.1. The van der Waals surface area contributed by atoms with Crippen LogP contribution in [0.5, 0.6) is 0 Å². The Labute approximate surface area is 83.7 Å². The molecule has 0 aliphatic rings. The third-order valence-electron chi connectivity index (χ3n) is 1.62. The predicted octanol–water partition coefficient (Wildman–Crippen LogP) is 2.39. The lowest BCUT2D eigenvalue weighted by molar-refractivity contribution is 1.22. The van der Waals surface area contributed by atoms with E-state index in [4.69, 9.17) is 0 Å². The van der Waals surface area contributed by atoms with Gasteiger partial charge in [0.15, 0.2) is 0 Å². The van der Waals surface area contributed by atoms with Gasteiger partial charge < -0.3 is 3.53 Å². The molecule has 0 aliphatic heterocycles. The van der Waals surface area contributed by atoms with Crippen LogP contribution in [0.1, 0.15) is 0 Å². The van der Waals surface area contributed by atoms with E-state index < -0.39 is 0 Å². The second-order valence-electron chi connectivity index (χ2n) is 2.39. The van der Waals surface area contributed by atoms with Crippen LogP contribution >= 0.6 is 22.9 Å². The molecular weight excluding hydrogens is 265 g/mol. The van der Waals surface area contributed by atoms with E-state index in [-0.39, 0.29) is 0 Å². The number of nitrogens with zero attached hydrogens (tertiary/aromatic N) is 2. The maximum atomic E-state index is 4.14. The number of nitrogens with one attached hydrogen (secondary N) is 1. The standard InChI is InChI=1S/C8H6IN3/c9-12-7-2-1-6-4-10-5-11-8(6)3-7/h1-5,12H. The first-order chi connectivity index (χ1) is 5.90. The molecule has 60 valence electrons. The van der Waals surface area contributed by atoms with Gasteiger partial charge >= 0.3 is 0 Å². The summed E-state index contributed by atoms with van der Waals surface area (Å²) in [6, 6.07) is 5.98. The van der Waals surface area contributed by atoms with E-state index in [0.717, 1.165) is 16.6 Å². The summed E-state index contributed by atoms with van der Waals surface area (Å²) in [5.74, 6) is 0. The van der Waals surface area contributed by atoms with Gasteiger partial charge in [-0.05, 0) is 18.2 Å². The molecular formula is C8H6IN3. The van der Waals surface area contributed by atoms with Crippen LogP contribution in [0.25, 0.3) is 10.9 Å². The zero-order valence-electron chi connectivity index (χ0n) is 6.16. The van der Waals surface area contributed by atoms with E-state index in [0.29, 0.717) is 0 Å². The highest BCUT2D eigenvalue weighted by Crippen LogP contribution is 2.16. The Morgan fingerprint density at radius 2 is 2.25 bits per heavy atom. The summed E-state index contributed by atoms with van der Waals surface area (Å²) in [6.07, 6.45) is 3.36. The summed E-state index contributed by atoms with van der Waals surface area (Å²) in [7, 11) is 0. The smallest absolute Gasteiger partial charge is 0.116 e. The van der Waals surface area contributed by atoms with Gasteiger partial charge in [0.25, 0.3) is 0 Å². The van der Waals surface area contributed by atoms with Crippen molar-refractivity contribution in [1.82, 2.24) is 9.97 Å². The summed E-state index contributed by atoms with van der Waals surface area (Å²) in [5, 5.41) is 1.06. The van der Waals surface area contributed by atoms with Crippen molar-refractivity contribution in [3.63, 3.8) is 0 Å². The average molecular weight is 271 g/mol. The third kappa shape index (κ3) is 1.34. The molecule has 0 saturated carbocycles. The monoisotopic (exact) mass is 271 g/mol. The van der Waals surface area contributed by atoms with Crippen molar-refractivity contribution >= 4 is 39.5 Å². The lowest BCUT2D eigenvalue weighted by Crippen LogP contribution is -1.83. The van der Waals surface area contributed by atoms with Crippen molar-refractivity contribution in [2.45, 2.75) is 0 Å². The molecule has 0 spiro atoms. The Morgan fingerprint density at radius 1 is 1.33 bits per heavy atom. The van der Waals surface area contributed by atoms with Gasteiger partial charge in [0.1, 0.15) is 6.33 Å². The minimum atomic E-state index is 0.965. The number of benzene rings is 1. The fraction of sp³-hybridized carbons (Fsp3) is 0. The number of halogens is 1. The lowest BCUT2D eigenvalue weighted by atomic mass is 10.2. The number of anilines is 1. The van der Waals surface area contributed by atoms with Gasteiger partial charge in [-0.2, -0.15) is 0 Å². The number of hydrogen-bond acceptors (Lipinski definition) is 3. The van der Waals surface area contributed by atoms with Gasteiger partial charge in [-0.15, -0.1) is 0 Å². The fourth-order valence-corrected chi connectivity index (χ4v) is 1.37. The molecule has 0 saturated heterocycles. The molecule has 0 bridgehead atoms. The van der Waals surface area contributed by atoms with E-state index in [9.17, 15) is 0 Å². The van der Waals surface area contributed by atoms with Gasteiger partial charge in [0, 0.05) is 17.3 Å². The van der Waals surface area contributed by atoms with Gasteiger partial charge in [0.2, 0.25) is 0 Å². The van der Waals surface area contributed by atoms with Crippen LogP contribution in [-0.4, -0.2) is 9.97 Å². The van der Waals surface area contributed by atoms with Gasteiger partial charge in [-0.3, -0.25) is 0 Å². The second-order valence-corrected chi connectivity index (χ2v) is 2.93. The quantitative estimate of drug-likeness (QED) is 0.639. The number of hydrogen-bond donors (Lipinski definition) is 1. The Morgan fingerprint density at radius 3 is 3.08 bits per heavy atom. The van der Waals surface area contributed by atoms with Crippen LogP contribution in [0.2, 0.25) is 0 Å². The van der Waals surface area contributed by atoms with Gasteiger partial charge in [-0.1, -0.05) is 0 Å². The molecule has 2 rings (SSSR count). The minimum Gasteiger partial charge on any atom is -0.328 e. The Balaban J connectivity index is 2.67. The molecule has 0 amide bonds. The van der Waals surface area contributed by atoms with Gasteiger partial charge in [0.05, 0.1) is 28.4 Å². The largest absolute Gasteiger partial charge is 0.328 e. The Bertz CT molecular complexity index is 402. The fourth-order valence-electron chi connectivity index (χ4n) is 1.03. The number of rotatable bonds is 1. The molecule has 3 nitrogen and oxygen atoms in total. The van der Waals surface area contributed by atoms with E-state index >= 15 is 0 Å². The predicted molar refractivity (Wildman–Crippen MR) is 57.2 cm³/mol. The molecule has 2 aromatic rings. The van der Waals surface area contributed by atoms with E-state index in [1.807, 2.05) is 18.2 Å². The summed E-state index contributed by atoms with van der Waals surface area (Å²) in [4.78, 5) is 8.07. The summed E-state index contributed by atoms with van der Waals surface area (Å²) in [6.45, 7) is 0. The third-order valence-corrected chi connectivity index (χ3v) is 2.24. The zero-order valence-corrected chi connectivity index (χ0v) is 8.32. The number of fused-ring (bicyclic) bond motifs is 1. The molecule has 1 N–H and O–H groups in total. The minimum absolute atomic E-state index is 0.965. The zero-order chi connectivity index (χ0) is 8.39. The molecule has 0 radical (unpaired) electrons. The van der Waals surface area contributed by atoms with Crippen molar-refractivity contribution in [2.24, 2.45) is 0 Å². The van der Waals surface area contributed by atoms with Crippen LogP contribution in [0.3, 0.4) is 0 Å². The van der Waals surface area contributed by atoms with Crippen LogP contribution in [-0.2, 0) is 0 Å². The second kappa shape index (κ2) is 3.22. The number of aromatic nitrogens is 2. The van der Waals surface area contributed by atoms with E-state index in [1.165, 1.54) is 0 Å². The van der Waals surface area contributed by atoms with Gasteiger partial charge in [-0.25, -0.2) is 9.97 Å². The Hall–Kier alpha value is -0.910. The molecule has 1 heterocycles. The molecule has 0 fully saturated rings.